The molecular formula is C15H22ClN3O4. The van der Waals surface area contributed by atoms with Crippen molar-refractivity contribution in [2.75, 3.05) is 19.2 Å². The number of rotatable bonds is 3. The van der Waals surface area contributed by atoms with Crippen molar-refractivity contribution in [3.05, 3.63) is 18.0 Å². The van der Waals surface area contributed by atoms with Crippen LogP contribution in [0.2, 0.25) is 0 Å². The first kappa shape index (κ1) is 17.6. The summed E-state index contributed by atoms with van der Waals surface area (Å²) in [6, 6.07) is -0.186. The van der Waals surface area contributed by atoms with Crippen molar-refractivity contribution in [2.24, 2.45) is 0 Å². The largest absolute Gasteiger partial charge is 0.446 e. The first-order valence-corrected chi connectivity index (χ1v) is 8.09. The van der Waals surface area contributed by atoms with Gasteiger partial charge in [-0.3, -0.25) is 4.68 Å². The van der Waals surface area contributed by atoms with Gasteiger partial charge in [0, 0.05) is 19.3 Å². The Hall–Kier alpha value is -1.76. The van der Waals surface area contributed by atoms with E-state index in [4.69, 9.17) is 21.1 Å². The molecule has 0 saturated carbocycles. The Balaban J connectivity index is 2.01. The smallest absolute Gasteiger partial charge is 0.410 e. The third-order valence-corrected chi connectivity index (χ3v) is 3.55. The maximum atomic E-state index is 12.2. The summed E-state index contributed by atoms with van der Waals surface area (Å²) in [5.41, 5.74) is -0.172. The lowest BCUT2D eigenvalue weighted by Crippen LogP contribution is -2.43. The van der Waals surface area contributed by atoms with Crippen molar-refractivity contribution in [3.8, 4) is 0 Å². The van der Waals surface area contributed by atoms with Gasteiger partial charge in [-0.05, 0) is 33.6 Å². The molecule has 0 N–H and O–H groups in total. The quantitative estimate of drug-likeness (QED) is 0.623. The van der Waals surface area contributed by atoms with Crippen LogP contribution in [0.3, 0.4) is 0 Å². The second kappa shape index (κ2) is 7.21. The molecule has 1 aromatic heterocycles. The molecule has 1 amide bonds. The molecule has 0 aromatic carbocycles. The number of aromatic nitrogens is 2. The van der Waals surface area contributed by atoms with Gasteiger partial charge >= 0.3 is 12.1 Å². The lowest BCUT2D eigenvalue weighted by Gasteiger charge is -2.34. The fraction of sp³-hybridized carbons (Fsp3) is 0.667. The van der Waals surface area contributed by atoms with E-state index >= 15 is 0 Å². The minimum Gasteiger partial charge on any atom is -0.446 e. The van der Waals surface area contributed by atoms with Gasteiger partial charge in [0.05, 0.1) is 17.8 Å². The maximum absolute atomic E-state index is 12.2. The molecule has 1 unspecified atom stereocenters. The molecule has 1 aliphatic rings. The van der Waals surface area contributed by atoms with Crippen LogP contribution in [0.15, 0.2) is 12.4 Å². The molecule has 8 heteroatoms. The van der Waals surface area contributed by atoms with Gasteiger partial charge in [0.2, 0.25) is 0 Å². The average Bonchev–Trinajstić information content (AvgIpc) is 2.96. The zero-order chi connectivity index (χ0) is 17.0. The molecular weight excluding hydrogens is 322 g/mol. The minimum atomic E-state index is -0.520. The number of amides is 1. The Kier molecular flexibility index (Phi) is 5.51. The van der Waals surface area contributed by atoms with Crippen molar-refractivity contribution in [3.63, 3.8) is 0 Å². The molecule has 0 aliphatic carbocycles. The van der Waals surface area contributed by atoms with Crippen molar-refractivity contribution in [1.29, 1.82) is 0 Å². The molecule has 7 nitrogen and oxygen atoms in total. The van der Waals surface area contributed by atoms with Crippen LogP contribution in [0.1, 0.15) is 50.0 Å². The second-order valence-electron chi connectivity index (χ2n) is 6.47. The van der Waals surface area contributed by atoms with Crippen LogP contribution in [-0.2, 0) is 9.47 Å². The molecule has 2 heterocycles. The first-order chi connectivity index (χ1) is 10.8. The molecule has 0 spiro atoms. The van der Waals surface area contributed by atoms with Gasteiger partial charge in [0.25, 0.3) is 0 Å². The molecule has 0 radical (unpaired) electrons. The van der Waals surface area contributed by atoms with Gasteiger partial charge in [-0.15, -0.1) is 0 Å². The summed E-state index contributed by atoms with van der Waals surface area (Å²) in [5.74, 6) is -0.508. The molecule has 1 atom stereocenters. The monoisotopic (exact) mass is 343 g/mol. The molecule has 1 aliphatic heterocycles. The minimum absolute atomic E-state index is 0.00817. The highest BCUT2D eigenvalue weighted by Gasteiger charge is 2.29. The highest BCUT2D eigenvalue weighted by Crippen LogP contribution is 2.23. The van der Waals surface area contributed by atoms with Crippen LogP contribution in [-0.4, -0.2) is 51.5 Å². The number of hydrogen-bond acceptors (Lipinski definition) is 5. The van der Waals surface area contributed by atoms with Crippen molar-refractivity contribution < 1.29 is 19.1 Å². The average molecular weight is 344 g/mol. The molecule has 2 rings (SSSR count). The van der Waals surface area contributed by atoms with E-state index in [1.165, 1.54) is 6.20 Å². The molecule has 1 saturated heterocycles. The van der Waals surface area contributed by atoms with Gasteiger partial charge in [-0.1, -0.05) is 11.6 Å². The third kappa shape index (κ3) is 4.86. The molecule has 128 valence electrons. The molecule has 1 fully saturated rings. The predicted molar refractivity (Wildman–Crippen MR) is 84.4 cm³/mol. The van der Waals surface area contributed by atoms with E-state index in [0.717, 1.165) is 12.8 Å². The Morgan fingerprint density at radius 1 is 1.43 bits per heavy atom. The lowest BCUT2D eigenvalue weighted by atomic mass is 10.1. The number of carbonyl (C=O) groups excluding carboxylic acids is 2. The Morgan fingerprint density at radius 3 is 2.83 bits per heavy atom. The number of nitrogens with zero attached hydrogens (tertiary/aromatic N) is 3. The number of piperidine rings is 1. The van der Waals surface area contributed by atoms with E-state index < -0.39 is 11.6 Å². The van der Waals surface area contributed by atoms with Crippen LogP contribution in [0.4, 0.5) is 4.79 Å². The summed E-state index contributed by atoms with van der Waals surface area (Å²) < 4.78 is 11.8. The van der Waals surface area contributed by atoms with E-state index in [2.05, 4.69) is 5.10 Å². The van der Waals surface area contributed by atoms with Crippen LogP contribution in [0.5, 0.6) is 0 Å². The number of alkyl halides is 1. The Labute approximate surface area is 140 Å². The highest BCUT2D eigenvalue weighted by atomic mass is 35.5. The van der Waals surface area contributed by atoms with Gasteiger partial charge < -0.3 is 14.4 Å². The molecule has 23 heavy (non-hydrogen) atoms. The number of carbonyl (C=O) groups is 2. The standard InChI is InChI=1S/C15H22ClN3O4/c1-15(2,3)23-14(21)18-6-4-5-12(9-18)19-8-11(7-17-19)13(20)22-10-16/h7-8,12H,4-6,9-10H2,1-3H3. The summed E-state index contributed by atoms with van der Waals surface area (Å²) >= 11 is 5.38. The van der Waals surface area contributed by atoms with Gasteiger partial charge in [0.15, 0.2) is 6.07 Å². The number of likely N-dealkylation sites (tertiary alicyclic amines) is 1. The summed E-state index contributed by atoms with van der Waals surface area (Å²) in [6.45, 7) is 6.69. The lowest BCUT2D eigenvalue weighted by molar-refractivity contribution is 0.0167. The van der Waals surface area contributed by atoms with E-state index in [1.807, 2.05) is 20.8 Å². The van der Waals surface area contributed by atoms with Crippen LogP contribution in [0, 0.1) is 0 Å². The SMILES string of the molecule is CC(C)(C)OC(=O)N1CCCC(n2cc(C(=O)OCCl)cn2)C1. The predicted octanol–water partition coefficient (Wildman–Crippen LogP) is 2.81. The van der Waals surface area contributed by atoms with Crippen molar-refractivity contribution >= 4 is 23.7 Å². The normalized spacial score (nSPS) is 18.6. The second-order valence-corrected chi connectivity index (χ2v) is 6.69. The fourth-order valence-electron chi connectivity index (χ4n) is 2.44. The summed E-state index contributed by atoms with van der Waals surface area (Å²) in [4.78, 5) is 25.5. The molecule has 1 aromatic rings. The highest BCUT2D eigenvalue weighted by molar-refractivity contribution is 6.17. The topological polar surface area (TPSA) is 73.7 Å². The van der Waals surface area contributed by atoms with Crippen LogP contribution in [0.25, 0.3) is 0 Å². The van der Waals surface area contributed by atoms with E-state index in [-0.39, 0.29) is 18.2 Å². The van der Waals surface area contributed by atoms with Crippen molar-refractivity contribution in [2.45, 2.75) is 45.3 Å². The number of halogens is 1. The summed E-state index contributed by atoms with van der Waals surface area (Å²) in [7, 11) is 0. The number of ether oxygens (including phenoxy) is 2. The Morgan fingerprint density at radius 2 is 2.17 bits per heavy atom. The number of hydrogen-bond donors (Lipinski definition) is 0. The van der Waals surface area contributed by atoms with E-state index in [1.54, 1.807) is 15.8 Å². The van der Waals surface area contributed by atoms with Gasteiger partial charge in [-0.25, -0.2) is 9.59 Å². The first-order valence-electron chi connectivity index (χ1n) is 7.55. The third-order valence-electron chi connectivity index (χ3n) is 3.45. The van der Waals surface area contributed by atoms with Gasteiger partial charge in [-0.2, -0.15) is 5.10 Å². The van der Waals surface area contributed by atoms with Crippen molar-refractivity contribution in [1.82, 2.24) is 14.7 Å². The fourth-order valence-corrected chi connectivity index (χ4v) is 2.54. The number of esters is 1. The van der Waals surface area contributed by atoms with E-state index in [9.17, 15) is 9.59 Å². The van der Waals surface area contributed by atoms with Gasteiger partial charge in [0.1, 0.15) is 5.60 Å². The maximum Gasteiger partial charge on any atom is 0.410 e. The van der Waals surface area contributed by atoms with E-state index in [0.29, 0.717) is 18.7 Å². The zero-order valence-electron chi connectivity index (χ0n) is 13.6. The Bertz CT molecular complexity index is 567. The van der Waals surface area contributed by atoms with Crippen LogP contribution >= 0.6 is 11.6 Å². The molecule has 0 bridgehead atoms. The summed E-state index contributed by atoms with van der Waals surface area (Å²) in [5, 5.41) is 4.21. The summed E-state index contributed by atoms with van der Waals surface area (Å²) in [6.07, 6.45) is 4.48. The van der Waals surface area contributed by atoms with Crippen LogP contribution < -0.4 is 0 Å². The zero-order valence-corrected chi connectivity index (χ0v) is 14.4.